The van der Waals surface area contributed by atoms with Crippen LogP contribution in [0.4, 0.5) is 5.69 Å². The number of fused-ring (bicyclic) bond motifs is 1. The van der Waals surface area contributed by atoms with Crippen LogP contribution in [-0.2, 0) is 4.79 Å². The van der Waals surface area contributed by atoms with Crippen molar-refractivity contribution in [3.8, 4) is 0 Å². The second kappa shape index (κ2) is 4.71. The lowest BCUT2D eigenvalue weighted by Gasteiger charge is -2.19. The fraction of sp³-hybridized carbons (Fsp3) is 0.333. The number of nitrogens with one attached hydrogen (secondary N) is 1. The Hall–Kier alpha value is -1.62. The Labute approximate surface area is 103 Å². The number of nitrogens with zero attached hydrogens (tertiary/aromatic N) is 1. The monoisotopic (exact) mass is 250 g/mol. The summed E-state index contributed by atoms with van der Waals surface area (Å²) in [5.74, 6) is -0.808. The lowest BCUT2D eigenvalue weighted by Crippen LogP contribution is -2.34. The molecule has 0 aliphatic carbocycles. The average Bonchev–Trinajstić information content (AvgIpc) is 2.73. The molecule has 90 valence electrons. The number of carbonyl (C=O) groups is 1. The lowest BCUT2D eigenvalue weighted by atomic mass is 10.0. The van der Waals surface area contributed by atoms with Gasteiger partial charge in [0, 0.05) is 6.20 Å². The Bertz CT molecular complexity index is 536. The van der Waals surface area contributed by atoms with E-state index in [1.54, 1.807) is 17.5 Å². The summed E-state index contributed by atoms with van der Waals surface area (Å²) in [6, 6.07) is 3.16. The van der Waals surface area contributed by atoms with E-state index in [1.807, 2.05) is 31.4 Å². The molecule has 4 nitrogen and oxygen atoms in total. The Morgan fingerprint density at radius 3 is 2.88 bits per heavy atom. The molecule has 2 aromatic heterocycles. The minimum atomic E-state index is -0.832. The van der Waals surface area contributed by atoms with Crippen LogP contribution >= 0.6 is 11.3 Å². The molecule has 0 unspecified atom stereocenters. The molecule has 2 heterocycles. The van der Waals surface area contributed by atoms with Crippen LogP contribution in [0.5, 0.6) is 0 Å². The van der Waals surface area contributed by atoms with Crippen LogP contribution in [0.3, 0.4) is 0 Å². The third kappa shape index (κ3) is 2.39. The highest BCUT2D eigenvalue weighted by molar-refractivity contribution is 7.17. The first-order valence-corrected chi connectivity index (χ1v) is 6.29. The van der Waals surface area contributed by atoms with Gasteiger partial charge in [0.25, 0.3) is 0 Å². The number of thiophene rings is 1. The molecule has 2 aromatic rings. The fourth-order valence-electron chi connectivity index (χ4n) is 1.67. The molecule has 2 rings (SSSR count). The van der Waals surface area contributed by atoms with Crippen molar-refractivity contribution in [3.05, 3.63) is 23.7 Å². The van der Waals surface area contributed by atoms with E-state index < -0.39 is 12.0 Å². The number of rotatable bonds is 4. The number of hydrogen-bond acceptors (Lipinski definition) is 4. The second-order valence-electron chi connectivity index (χ2n) is 4.20. The Balaban J connectivity index is 2.34. The van der Waals surface area contributed by atoms with Gasteiger partial charge in [0.1, 0.15) is 6.04 Å². The summed E-state index contributed by atoms with van der Waals surface area (Å²) in [6.45, 7) is 3.77. The van der Waals surface area contributed by atoms with Crippen LogP contribution in [0.15, 0.2) is 23.7 Å². The molecular weight excluding hydrogens is 236 g/mol. The van der Waals surface area contributed by atoms with E-state index in [1.165, 1.54) is 0 Å². The van der Waals surface area contributed by atoms with Gasteiger partial charge >= 0.3 is 5.97 Å². The molecule has 0 spiro atoms. The topological polar surface area (TPSA) is 62.2 Å². The van der Waals surface area contributed by atoms with E-state index in [9.17, 15) is 4.79 Å². The van der Waals surface area contributed by atoms with Crippen LogP contribution in [0, 0.1) is 5.92 Å². The van der Waals surface area contributed by atoms with Gasteiger partial charge in [0.2, 0.25) is 0 Å². The van der Waals surface area contributed by atoms with Crippen molar-refractivity contribution in [2.75, 3.05) is 5.32 Å². The first kappa shape index (κ1) is 11.9. The van der Waals surface area contributed by atoms with Crippen molar-refractivity contribution in [2.24, 2.45) is 5.92 Å². The molecule has 1 atom stereocenters. The molecule has 2 N–H and O–H groups in total. The van der Waals surface area contributed by atoms with E-state index in [4.69, 9.17) is 5.11 Å². The molecule has 0 fully saturated rings. The smallest absolute Gasteiger partial charge is 0.326 e. The van der Waals surface area contributed by atoms with E-state index in [-0.39, 0.29) is 5.92 Å². The van der Waals surface area contributed by atoms with Crippen LogP contribution in [0.2, 0.25) is 0 Å². The standard InChI is InChI=1S/C12H14N2O2S/c1-7(2)10(12(15)16)14-9-3-5-13-8-4-6-17-11(8)9/h3-7,10H,1-2H3,(H,13,14)(H,15,16)/t10-/m0/s1. The van der Waals surface area contributed by atoms with Gasteiger partial charge in [0.05, 0.1) is 15.9 Å². The van der Waals surface area contributed by atoms with Crippen molar-refractivity contribution in [3.63, 3.8) is 0 Å². The summed E-state index contributed by atoms with van der Waals surface area (Å²) in [5, 5.41) is 14.2. The van der Waals surface area contributed by atoms with Crippen molar-refractivity contribution in [1.29, 1.82) is 0 Å². The molecule has 17 heavy (non-hydrogen) atoms. The minimum absolute atomic E-state index is 0.0238. The van der Waals surface area contributed by atoms with Crippen molar-refractivity contribution >= 4 is 33.2 Å². The van der Waals surface area contributed by atoms with Gasteiger partial charge < -0.3 is 10.4 Å². The highest BCUT2D eigenvalue weighted by Crippen LogP contribution is 2.28. The Morgan fingerprint density at radius 2 is 2.24 bits per heavy atom. The average molecular weight is 250 g/mol. The second-order valence-corrected chi connectivity index (χ2v) is 5.11. The summed E-state index contributed by atoms with van der Waals surface area (Å²) in [4.78, 5) is 15.4. The molecule has 0 radical (unpaired) electrons. The predicted octanol–water partition coefficient (Wildman–Crippen LogP) is 2.82. The van der Waals surface area contributed by atoms with Crippen molar-refractivity contribution < 1.29 is 9.90 Å². The number of hydrogen-bond donors (Lipinski definition) is 2. The largest absolute Gasteiger partial charge is 0.480 e. The number of pyridine rings is 1. The molecular formula is C12H14N2O2S. The number of aliphatic carboxylic acids is 1. The summed E-state index contributed by atoms with van der Waals surface area (Å²) >= 11 is 1.56. The van der Waals surface area contributed by atoms with Gasteiger partial charge in [-0.05, 0) is 23.4 Å². The number of carboxylic acids is 1. The maximum atomic E-state index is 11.1. The lowest BCUT2D eigenvalue weighted by molar-refractivity contribution is -0.138. The minimum Gasteiger partial charge on any atom is -0.480 e. The quantitative estimate of drug-likeness (QED) is 0.876. The van der Waals surface area contributed by atoms with Gasteiger partial charge in [-0.2, -0.15) is 0 Å². The zero-order valence-corrected chi connectivity index (χ0v) is 10.5. The number of anilines is 1. The molecule has 0 saturated heterocycles. The maximum absolute atomic E-state index is 11.1. The SMILES string of the molecule is CC(C)[C@H](Nc1ccnc2ccsc12)C(=O)O. The first-order valence-electron chi connectivity index (χ1n) is 5.41. The zero-order chi connectivity index (χ0) is 12.4. The van der Waals surface area contributed by atoms with Crippen molar-refractivity contribution in [2.45, 2.75) is 19.9 Å². The molecule has 0 amide bonds. The molecule has 0 saturated carbocycles. The number of aromatic nitrogens is 1. The highest BCUT2D eigenvalue weighted by Gasteiger charge is 2.21. The first-order chi connectivity index (χ1) is 8.09. The summed E-state index contributed by atoms with van der Waals surface area (Å²) in [7, 11) is 0. The summed E-state index contributed by atoms with van der Waals surface area (Å²) in [6.07, 6.45) is 1.69. The van der Waals surface area contributed by atoms with E-state index >= 15 is 0 Å². The van der Waals surface area contributed by atoms with Gasteiger partial charge in [-0.15, -0.1) is 11.3 Å². The number of carboxylic acid groups (broad SMARTS) is 1. The van der Waals surface area contributed by atoms with Gasteiger partial charge in [0.15, 0.2) is 0 Å². The van der Waals surface area contributed by atoms with Crippen LogP contribution in [0.1, 0.15) is 13.8 Å². The molecule has 5 heteroatoms. The molecule has 0 aromatic carbocycles. The van der Waals surface area contributed by atoms with Crippen LogP contribution < -0.4 is 5.32 Å². The maximum Gasteiger partial charge on any atom is 0.326 e. The third-order valence-corrected chi connectivity index (χ3v) is 3.52. The van der Waals surface area contributed by atoms with Crippen LogP contribution in [0.25, 0.3) is 10.2 Å². The van der Waals surface area contributed by atoms with E-state index in [2.05, 4.69) is 10.3 Å². The normalized spacial score (nSPS) is 12.9. The highest BCUT2D eigenvalue weighted by atomic mass is 32.1. The Kier molecular flexibility index (Phi) is 3.28. The fourth-order valence-corrected chi connectivity index (χ4v) is 2.50. The van der Waals surface area contributed by atoms with Gasteiger partial charge in [-0.3, -0.25) is 4.98 Å². The van der Waals surface area contributed by atoms with Crippen LogP contribution in [-0.4, -0.2) is 22.1 Å². The predicted molar refractivity (Wildman–Crippen MR) is 69.5 cm³/mol. The van der Waals surface area contributed by atoms with E-state index in [0.717, 1.165) is 15.9 Å². The molecule has 0 aliphatic rings. The molecule has 0 bridgehead atoms. The van der Waals surface area contributed by atoms with Gasteiger partial charge in [-0.1, -0.05) is 13.8 Å². The molecule has 0 aliphatic heterocycles. The van der Waals surface area contributed by atoms with Crippen molar-refractivity contribution in [1.82, 2.24) is 4.98 Å². The van der Waals surface area contributed by atoms with Gasteiger partial charge in [-0.25, -0.2) is 4.79 Å². The summed E-state index contributed by atoms with van der Waals surface area (Å²) < 4.78 is 0.999. The Morgan fingerprint density at radius 1 is 1.47 bits per heavy atom. The van der Waals surface area contributed by atoms with E-state index in [0.29, 0.717) is 0 Å². The summed E-state index contributed by atoms with van der Waals surface area (Å²) in [5.41, 5.74) is 1.74. The zero-order valence-electron chi connectivity index (χ0n) is 9.68. The third-order valence-electron chi connectivity index (χ3n) is 2.59.